The standard InChI is InChI=1S/C16H21FN2O4/c17-14-3-1-13(2-4-14)5-8-18-23-12-11-22-15-6-9-19(10-7-15)16(20)21/h1-4,8,15H,5-7,9-12H2,(H,20,21). The van der Waals surface area contributed by atoms with E-state index in [9.17, 15) is 9.18 Å². The van der Waals surface area contributed by atoms with Gasteiger partial charge in [-0.15, -0.1) is 0 Å². The molecule has 1 heterocycles. The predicted octanol–water partition coefficient (Wildman–Crippen LogP) is 2.53. The molecule has 1 fully saturated rings. The molecule has 2 rings (SSSR count). The maximum Gasteiger partial charge on any atom is 0.407 e. The number of piperidine rings is 1. The van der Waals surface area contributed by atoms with Gasteiger partial charge in [0.15, 0.2) is 0 Å². The Balaban J connectivity index is 1.52. The maximum absolute atomic E-state index is 12.7. The lowest BCUT2D eigenvalue weighted by molar-refractivity contribution is -0.0191. The first-order valence-electron chi connectivity index (χ1n) is 7.63. The van der Waals surface area contributed by atoms with Crippen LogP contribution in [0, 0.1) is 5.82 Å². The second-order valence-electron chi connectivity index (χ2n) is 5.29. The zero-order chi connectivity index (χ0) is 16.5. The number of benzene rings is 1. The van der Waals surface area contributed by atoms with Crippen LogP contribution in [0.2, 0.25) is 0 Å². The Morgan fingerprint density at radius 2 is 2.00 bits per heavy atom. The fraction of sp³-hybridized carbons (Fsp3) is 0.500. The SMILES string of the molecule is O=C(O)N1CCC(OCCON=CCc2ccc(F)cc2)CC1. The van der Waals surface area contributed by atoms with Crippen molar-refractivity contribution in [1.82, 2.24) is 4.90 Å². The molecule has 1 saturated heterocycles. The van der Waals surface area contributed by atoms with E-state index in [0.29, 0.717) is 45.6 Å². The van der Waals surface area contributed by atoms with Crippen molar-refractivity contribution in [3.05, 3.63) is 35.6 Å². The highest BCUT2D eigenvalue weighted by molar-refractivity contribution is 5.65. The molecule has 0 bridgehead atoms. The lowest BCUT2D eigenvalue weighted by Crippen LogP contribution is -2.40. The lowest BCUT2D eigenvalue weighted by atomic mass is 10.1. The zero-order valence-corrected chi connectivity index (χ0v) is 12.9. The number of amides is 1. The van der Waals surface area contributed by atoms with Crippen LogP contribution in [0.5, 0.6) is 0 Å². The van der Waals surface area contributed by atoms with Crippen LogP contribution in [-0.2, 0) is 16.0 Å². The molecule has 0 aliphatic carbocycles. The molecule has 23 heavy (non-hydrogen) atoms. The fourth-order valence-electron chi connectivity index (χ4n) is 2.33. The smallest absolute Gasteiger partial charge is 0.407 e. The van der Waals surface area contributed by atoms with E-state index in [0.717, 1.165) is 5.56 Å². The van der Waals surface area contributed by atoms with Crippen LogP contribution >= 0.6 is 0 Å². The van der Waals surface area contributed by atoms with E-state index in [1.165, 1.54) is 17.0 Å². The third-order valence-electron chi connectivity index (χ3n) is 3.63. The molecule has 7 heteroatoms. The Bertz CT molecular complexity index is 513. The molecule has 1 aromatic rings. The molecule has 1 aliphatic heterocycles. The van der Waals surface area contributed by atoms with E-state index in [1.807, 2.05) is 0 Å². The van der Waals surface area contributed by atoms with Gasteiger partial charge in [0.25, 0.3) is 0 Å². The number of carbonyl (C=O) groups is 1. The van der Waals surface area contributed by atoms with Crippen LogP contribution < -0.4 is 0 Å². The first-order chi connectivity index (χ1) is 11.1. The van der Waals surface area contributed by atoms with Crippen molar-refractivity contribution in [3.8, 4) is 0 Å². The van der Waals surface area contributed by atoms with Crippen molar-refractivity contribution in [2.45, 2.75) is 25.4 Å². The average molecular weight is 324 g/mol. The number of carboxylic acid groups (broad SMARTS) is 1. The summed E-state index contributed by atoms with van der Waals surface area (Å²) in [7, 11) is 0. The van der Waals surface area contributed by atoms with Crippen molar-refractivity contribution in [2.75, 3.05) is 26.3 Å². The maximum atomic E-state index is 12.7. The molecule has 0 unspecified atom stereocenters. The van der Waals surface area contributed by atoms with E-state index in [-0.39, 0.29) is 11.9 Å². The summed E-state index contributed by atoms with van der Waals surface area (Å²) in [4.78, 5) is 17.3. The Labute approximate surface area is 134 Å². The van der Waals surface area contributed by atoms with Gasteiger partial charge in [-0.25, -0.2) is 9.18 Å². The van der Waals surface area contributed by atoms with E-state index in [1.54, 1.807) is 18.3 Å². The summed E-state index contributed by atoms with van der Waals surface area (Å²) in [6.07, 6.45) is 2.83. The molecular weight excluding hydrogens is 303 g/mol. The lowest BCUT2D eigenvalue weighted by Gasteiger charge is -2.29. The van der Waals surface area contributed by atoms with Crippen molar-refractivity contribution < 1.29 is 23.9 Å². The van der Waals surface area contributed by atoms with E-state index in [4.69, 9.17) is 14.7 Å². The number of nitrogens with zero attached hydrogens (tertiary/aromatic N) is 2. The Morgan fingerprint density at radius 1 is 1.30 bits per heavy atom. The summed E-state index contributed by atoms with van der Waals surface area (Å²) in [5, 5.41) is 12.7. The molecule has 0 saturated carbocycles. The van der Waals surface area contributed by atoms with Gasteiger partial charge < -0.3 is 19.6 Å². The summed E-state index contributed by atoms with van der Waals surface area (Å²) in [6, 6.07) is 6.23. The molecule has 1 aromatic carbocycles. The molecule has 1 aliphatic rings. The van der Waals surface area contributed by atoms with Crippen LogP contribution in [0.25, 0.3) is 0 Å². The summed E-state index contributed by atoms with van der Waals surface area (Å²) in [5.74, 6) is -0.256. The van der Waals surface area contributed by atoms with Crippen LogP contribution in [0.3, 0.4) is 0 Å². The van der Waals surface area contributed by atoms with Gasteiger partial charge in [-0.05, 0) is 30.5 Å². The topological polar surface area (TPSA) is 71.4 Å². The first-order valence-corrected chi connectivity index (χ1v) is 7.63. The fourth-order valence-corrected chi connectivity index (χ4v) is 2.33. The van der Waals surface area contributed by atoms with Gasteiger partial charge in [-0.3, -0.25) is 0 Å². The minimum Gasteiger partial charge on any atom is -0.465 e. The third kappa shape index (κ3) is 6.23. The van der Waals surface area contributed by atoms with Gasteiger partial charge in [0.05, 0.1) is 12.7 Å². The van der Waals surface area contributed by atoms with Gasteiger partial charge in [-0.1, -0.05) is 17.3 Å². The largest absolute Gasteiger partial charge is 0.465 e. The van der Waals surface area contributed by atoms with Crippen LogP contribution in [-0.4, -0.2) is 54.7 Å². The average Bonchev–Trinajstić information content (AvgIpc) is 2.56. The quantitative estimate of drug-likeness (QED) is 0.475. The molecule has 6 nitrogen and oxygen atoms in total. The van der Waals surface area contributed by atoms with Crippen molar-refractivity contribution in [2.24, 2.45) is 5.16 Å². The van der Waals surface area contributed by atoms with Gasteiger partial charge in [-0.2, -0.15) is 0 Å². The molecule has 0 aromatic heterocycles. The number of likely N-dealkylation sites (tertiary alicyclic amines) is 1. The van der Waals surface area contributed by atoms with Crippen molar-refractivity contribution >= 4 is 12.3 Å². The number of hydrogen-bond donors (Lipinski definition) is 1. The minimum atomic E-state index is -0.873. The van der Waals surface area contributed by atoms with Crippen LogP contribution in [0.4, 0.5) is 9.18 Å². The second kappa shape index (κ2) is 9.09. The first kappa shape index (κ1) is 17.2. The highest BCUT2D eigenvalue weighted by Gasteiger charge is 2.22. The monoisotopic (exact) mass is 324 g/mol. The van der Waals surface area contributed by atoms with Gasteiger partial charge >= 0.3 is 6.09 Å². The molecule has 0 spiro atoms. The number of halogens is 1. The summed E-state index contributed by atoms with van der Waals surface area (Å²) in [6.45, 7) is 1.79. The summed E-state index contributed by atoms with van der Waals surface area (Å²) >= 11 is 0. The number of rotatable bonds is 7. The molecular formula is C16H21FN2O4. The third-order valence-corrected chi connectivity index (χ3v) is 3.63. The molecule has 1 N–H and O–H groups in total. The highest BCUT2D eigenvalue weighted by atomic mass is 19.1. The summed E-state index contributed by atoms with van der Waals surface area (Å²) in [5.41, 5.74) is 0.959. The normalized spacial score (nSPS) is 16.0. The van der Waals surface area contributed by atoms with Crippen LogP contribution in [0.1, 0.15) is 18.4 Å². The van der Waals surface area contributed by atoms with Crippen LogP contribution in [0.15, 0.2) is 29.4 Å². The number of oxime groups is 1. The Hall–Kier alpha value is -2.15. The van der Waals surface area contributed by atoms with Gasteiger partial charge in [0, 0.05) is 25.7 Å². The highest BCUT2D eigenvalue weighted by Crippen LogP contribution is 2.13. The van der Waals surface area contributed by atoms with Crippen molar-refractivity contribution in [1.29, 1.82) is 0 Å². The van der Waals surface area contributed by atoms with E-state index in [2.05, 4.69) is 5.16 Å². The van der Waals surface area contributed by atoms with Gasteiger partial charge in [0.1, 0.15) is 12.4 Å². The predicted molar refractivity (Wildman–Crippen MR) is 83.1 cm³/mol. The van der Waals surface area contributed by atoms with E-state index >= 15 is 0 Å². The minimum absolute atomic E-state index is 0.0809. The van der Waals surface area contributed by atoms with Gasteiger partial charge in [0.2, 0.25) is 0 Å². The molecule has 1 amide bonds. The zero-order valence-electron chi connectivity index (χ0n) is 12.9. The molecule has 0 radical (unpaired) electrons. The molecule has 0 atom stereocenters. The van der Waals surface area contributed by atoms with E-state index < -0.39 is 6.09 Å². The van der Waals surface area contributed by atoms with Crippen molar-refractivity contribution in [3.63, 3.8) is 0 Å². The second-order valence-corrected chi connectivity index (χ2v) is 5.29. The Morgan fingerprint density at radius 3 is 2.65 bits per heavy atom. The Kier molecular flexibility index (Phi) is 6.80. The number of hydrogen-bond acceptors (Lipinski definition) is 4. The summed E-state index contributed by atoms with van der Waals surface area (Å²) < 4.78 is 18.4. The molecule has 126 valence electrons. The number of ether oxygens (including phenoxy) is 1.